The summed E-state index contributed by atoms with van der Waals surface area (Å²) < 4.78 is 0. The number of carbonyl (C=O) groups excluding carboxylic acids is 3. The number of hydrazine groups is 1. The van der Waals surface area contributed by atoms with E-state index >= 15 is 0 Å². The first-order valence-electron chi connectivity index (χ1n) is 14.6. The molecule has 200 valence electrons. The maximum absolute atomic E-state index is 14.3. The summed E-state index contributed by atoms with van der Waals surface area (Å²) in [5.74, 6) is 1.20. The third-order valence-electron chi connectivity index (χ3n) is 10.5. The van der Waals surface area contributed by atoms with Crippen LogP contribution in [-0.2, 0) is 9.59 Å². The van der Waals surface area contributed by atoms with Gasteiger partial charge in [-0.05, 0) is 62.7 Å². The third kappa shape index (κ3) is 3.79. The van der Waals surface area contributed by atoms with Gasteiger partial charge in [0.15, 0.2) is 6.29 Å². The molecule has 3 heterocycles. The second-order valence-corrected chi connectivity index (χ2v) is 12.6. The Balaban J connectivity index is 1.26. The van der Waals surface area contributed by atoms with Crippen LogP contribution < -0.4 is 16.2 Å². The van der Waals surface area contributed by atoms with Crippen LogP contribution >= 0.6 is 0 Å². The molecule has 0 bridgehead atoms. The summed E-state index contributed by atoms with van der Waals surface area (Å²) in [6, 6.07) is -0.0960. The fraction of sp³-hybridized carbons (Fsp3) is 0.889. The zero-order chi connectivity index (χ0) is 25.0. The average Bonchev–Trinajstić information content (AvgIpc) is 3.43. The van der Waals surface area contributed by atoms with Crippen LogP contribution in [-0.4, -0.2) is 70.2 Å². The quantitative estimate of drug-likeness (QED) is 0.514. The minimum absolute atomic E-state index is 0.00630. The maximum atomic E-state index is 14.3. The molecule has 0 aromatic heterocycles. The summed E-state index contributed by atoms with van der Waals surface area (Å²) in [4.78, 5) is 46.7. The lowest BCUT2D eigenvalue weighted by Gasteiger charge is -2.50. The first kappa shape index (κ1) is 24.6. The lowest BCUT2D eigenvalue weighted by molar-refractivity contribution is -0.160. The van der Waals surface area contributed by atoms with E-state index in [0.29, 0.717) is 12.5 Å². The van der Waals surface area contributed by atoms with Gasteiger partial charge in [-0.15, -0.1) is 0 Å². The summed E-state index contributed by atoms with van der Waals surface area (Å²) in [5.41, 5.74) is 5.92. The van der Waals surface area contributed by atoms with Crippen molar-refractivity contribution in [3.8, 4) is 0 Å². The van der Waals surface area contributed by atoms with E-state index < -0.39 is 5.54 Å². The molecular formula is C27H44N6O3. The van der Waals surface area contributed by atoms with Gasteiger partial charge in [0.05, 0.1) is 18.6 Å². The molecular weight excluding hydrogens is 456 g/mol. The number of nitrogens with zero attached hydrogens (tertiary/aromatic N) is 3. The van der Waals surface area contributed by atoms with Crippen LogP contribution in [0.15, 0.2) is 0 Å². The molecule has 9 heteroatoms. The molecule has 4 amide bonds. The van der Waals surface area contributed by atoms with Crippen molar-refractivity contribution >= 4 is 17.8 Å². The largest absolute Gasteiger partial charge is 0.325 e. The third-order valence-corrected chi connectivity index (χ3v) is 10.5. The first-order chi connectivity index (χ1) is 17.4. The Labute approximate surface area is 215 Å². The molecule has 0 aromatic rings. The van der Waals surface area contributed by atoms with Gasteiger partial charge < -0.3 is 10.2 Å². The summed E-state index contributed by atoms with van der Waals surface area (Å²) in [5, 5.41) is 3.34. The van der Waals surface area contributed by atoms with Gasteiger partial charge >= 0.3 is 6.03 Å². The van der Waals surface area contributed by atoms with Gasteiger partial charge in [-0.3, -0.25) is 14.5 Å². The van der Waals surface area contributed by atoms with Crippen molar-refractivity contribution in [3.63, 3.8) is 0 Å². The first-order valence-corrected chi connectivity index (χ1v) is 14.6. The van der Waals surface area contributed by atoms with E-state index in [0.717, 1.165) is 70.6 Å². The highest BCUT2D eigenvalue weighted by atomic mass is 16.2. The number of carbonyl (C=O) groups is 3. The average molecular weight is 501 g/mol. The van der Waals surface area contributed by atoms with Crippen molar-refractivity contribution in [3.05, 3.63) is 0 Å². The Morgan fingerprint density at radius 3 is 2.14 bits per heavy atom. The number of imide groups is 1. The molecule has 5 atom stereocenters. The minimum Gasteiger partial charge on any atom is -0.323 e. The lowest BCUT2D eigenvalue weighted by atomic mass is 9.64. The summed E-state index contributed by atoms with van der Waals surface area (Å²) in [6.07, 6.45) is 13.7. The maximum Gasteiger partial charge on any atom is 0.325 e. The predicted octanol–water partition coefficient (Wildman–Crippen LogP) is 2.73. The van der Waals surface area contributed by atoms with E-state index in [-0.39, 0.29) is 54.1 Å². The molecule has 3 N–H and O–H groups in total. The molecule has 3 saturated heterocycles. The van der Waals surface area contributed by atoms with E-state index in [2.05, 4.69) is 28.0 Å². The molecule has 6 fully saturated rings. The van der Waals surface area contributed by atoms with E-state index in [9.17, 15) is 14.4 Å². The molecule has 36 heavy (non-hydrogen) atoms. The highest BCUT2D eigenvalue weighted by molar-refractivity contribution is 6.07. The second kappa shape index (κ2) is 9.55. The van der Waals surface area contributed by atoms with E-state index in [1.165, 1.54) is 17.7 Å². The highest BCUT2D eigenvalue weighted by Gasteiger charge is 2.61. The van der Waals surface area contributed by atoms with E-state index in [1.807, 2.05) is 7.05 Å². The molecule has 6 aliphatic rings. The molecule has 3 aliphatic carbocycles. The molecule has 9 nitrogen and oxygen atoms in total. The van der Waals surface area contributed by atoms with Crippen LogP contribution in [0.5, 0.6) is 0 Å². The number of hydrogen-bond acceptors (Lipinski definition) is 6. The summed E-state index contributed by atoms with van der Waals surface area (Å²) >= 11 is 0. The fourth-order valence-electron chi connectivity index (χ4n) is 8.66. The SMILES string of the molecule is CC1CCC2C(C1)C(=O)N(C)C1NNC(CN3C(=O)NC(C4CCCCC4)(C4CCCCC4)C3=O)N21. The Morgan fingerprint density at radius 1 is 0.861 bits per heavy atom. The van der Waals surface area contributed by atoms with Crippen LogP contribution in [0.2, 0.25) is 0 Å². The Morgan fingerprint density at radius 2 is 1.50 bits per heavy atom. The van der Waals surface area contributed by atoms with Crippen molar-refractivity contribution in [2.75, 3.05) is 13.6 Å². The van der Waals surface area contributed by atoms with Gasteiger partial charge in [-0.25, -0.2) is 20.5 Å². The zero-order valence-electron chi connectivity index (χ0n) is 22.0. The number of rotatable bonds is 4. The van der Waals surface area contributed by atoms with Gasteiger partial charge in [0.2, 0.25) is 5.91 Å². The van der Waals surface area contributed by atoms with Crippen molar-refractivity contribution in [1.29, 1.82) is 0 Å². The molecule has 6 rings (SSSR count). The van der Waals surface area contributed by atoms with Crippen LogP contribution in [0.3, 0.4) is 0 Å². The molecule has 3 aliphatic heterocycles. The summed E-state index contributed by atoms with van der Waals surface area (Å²) in [7, 11) is 1.86. The van der Waals surface area contributed by atoms with Crippen molar-refractivity contribution in [1.82, 2.24) is 30.9 Å². The molecule has 0 aromatic carbocycles. The number of urea groups is 1. The Hall–Kier alpha value is -1.71. The molecule has 3 saturated carbocycles. The van der Waals surface area contributed by atoms with Crippen LogP contribution in [0.4, 0.5) is 4.79 Å². The topological polar surface area (TPSA) is 97.0 Å². The second-order valence-electron chi connectivity index (χ2n) is 12.6. The number of hydrogen-bond donors (Lipinski definition) is 3. The fourth-order valence-corrected chi connectivity index (χ4v) is 8.66. The van der Waals surface area contributed by atoms with Gasteiger partial charge in [0.1, 0.15) is 5.54 Å². The zero-order valence-corrected chi connectivity index (χ0v) is 22.0. The van der Waals surface area contributed by atoms with E-state index in [4.69, 9.17) is 0 Å². The van der Waals surface area contributed by atoms with Gasteiger partial charge in [0, 0.05) is 13.1 Å². The van der Waals surface area contributed by atoms with Crippen LogP contribution in [0, 0.1) is 23.7 Å². The van der Waals surface area contributed by atoms with Crippen LogP contribution in [0.1, 0.15) is 90.4 Å². The molecule has 0 spiro atoms. The standard InChI is InChI=1S/C27H44N6O3/c1-17-13-14-21-20(15-17)23(34)31(2)25-30-29-22(33(21)25)16-32-24(35)27(28-26(32)36,18-9-5-3-6-10-18)19-11-7-4-8-12-19/h17-22,25,29-30H,3-16H2,1-2H3,(H,28,36). The molecule has 5 unspecified atom stereocenters. The van der Waals surface area contributed by atoms with Crippen molar-refractivity contribution in [2.45, 2.75) is 114 Å². The van der Waals surface area contributed by atoms with Crippen molar-refractivity contribution in [2.24, 2.45) is 23.7 Å². The number of nitrogens with one attached hydrogen (secondary N) is 3. The van der Waals surface area contributed by atoms with Gasteiger partial charge in [-0.2, -0.15) is 0 Å². The van der Waals surface area contributed by atoms with E-state index in [1.54, 1.807) is 4.90 Å². The minimum atomic E-state index is -0.735. The summed E-state index contributed by atoms with van der Waals surface area (Å²) in [6.45, 7) is 2.53. The predicted molar refractivity (Wildman–Crippen MR) is 135 cm³/mol. The molecule has 0 radical (unpaired) electrons. The number of fused-ring (bicyclic) bond motifs is 3. The number of amides is 4. The Bertz CT molecular complexity index is 867. The smallest absolute Gasteiger partial charge is 0.323 e. The highest BCUT2D eigenvalue weighted by Crippen LogP contribution is 2.46. The Kier molecular flexibility index (Phi) is 6.53. The van der Waals surface area contributed by atoms with Gasteiger partial charge in [0.25, 0.3) is 5.91 Å². The van der Waals surface area contributed by atoms with Gasteiger partial charge in [-0.1, -0.05) is 45.4 Å². The van der Waals surface area contributed by atoms with Crippen LogP contribution in [0.25, 0.3) is 0 Å². The lowest BCUT2D eigenvalue weighted by Crippen LogP contribution is -2.67. The monoisotopic (exact) mass is 500 g/mol. The van der Waals surface area contributed by atoms with Crippen molar-refractivity contribution < 1.29 is 14.4 Å². The normalized spacial score (nSPS) is 38.3.